The van der Waals surface area contributed by atoms with Crippen LogP contribution in [-0.4, -0.2) is 30.1 Å². The molecule has 2 saturated heterocycles. The number of furan rings is 1. The molecule has 1 aromatic rings. The van der Waals surface area contributed by atoms with Gasteiger partial charge in [-0.25, -0.2) is 0 Å². The summed E-state index contributed by atoms with van der Waals surface area (Å²) in [5.41, 5.74) is 0. The van der Waals surface area contributed by atoms with Crippen LogP contribution in [0.2, 0.25) is 0 Å². The van der Waals surface area contributed by atoms with Gasteiger partial charge in [-0.3, -0.25) is 0 Å². The Hall–Kier alpha value is -0.800. The highest BCUT2D eigenvalue weighted by Gasteiger charge is 2.35. The van der Waals surface area contributed by atoms with Crippen LogP contribution < -0.4 is 5.32 Å². The highest BCUT2D eigenvalue weighted by Crippen LogP contribution is 2.32. The third-order valence-corrected chi connectivity index (χ3v) is 4.97. The zero-order chi connectivity index (χ0) is 13.2. The van der Waals surface area contributed by atoms with Gasteiger partial charge in [-0.15, -0.1) is 0 Å². The molecule has 0 aliphatic carbocycles. The van der Waals surface area contributed by atoms with Crippen LogP contribution >= 0.6 is 0 Å². The molecule has 106 valence electrons. The van der Waals surface area contributed by atoms with Crippen LogP contribution in [0.15, 0.2) is 16.5 Å². The number of piperidine rings is 2. The van der Waals surface area contributed by atoms with Gasteiger partial charge in [0.05, 0.1) is 6.54 Å². The molecule has 1 N–H and O–H groups in total. The Balaban J connectivity index is 1.53. The standard InChI is InChI=1S/C16H26N2O/c1-3-15-7-8-16(19-15)11-17-12-9-13-5-4-6-14(10-12)18(13)2/h7-8,12-14,17H,3-6,9-11H2,1-2H3. The molecule has 3 nitrogen and oxygen atoms in total. The maximum Gasteiger partial charge on any atom is 0.117 e. The van der Waals surface area contributed by atoms with Crippen molar-refractivity contribution >= 4 is 0 Å². The van der Waals surface area contributed by atoms with Crippen molar-refractivity contribution in [2.75, 3.05) is 7.05 Å². The fourth-order valence-corrected chi connectivity index (χ4v) is 3.73. The van der Waals surface area contributed by atoms with Gasteiger partial charge >= 0.3 is 0 Å². The van der Waals surface area contributed by atoms with E-state index < -0.39 is 0 Å². The molecule has 2 fully saturated rings. The second-order valence-electron chi connectivity index (χ2n) is 6.17. The average molecular weight is 262 g/mol. The number of fused-ring (bicyclic) bond motifs is 2. The number of nitrogens with one attached hydrogen (secondary N) is 1. The van der Waals surface area contributed by atoms with Crippen molar-refractivity contribution < 1.29 is 4.42 Å². The van der Waals surface area contributed by atoms with E-state index in [4.69, 9.17) is 4.42 Å². The van der Waals surface area contributed by atoms with Crippen LogP contribution in [0, 0.1) is 0 Å². The Morgan fingerprint density at radius 1 is 1.21 bits per heavy atom. The fourth-order valence-electron chi connectivity index (χ4n) is 3.73. The SMILES string of the molecule is CCc1ccc(CNC2CC3CCCC(C2)N3C)o1. The van der Waals surface area contributed by atoms with Crippen LogP contribution in [0.25, 0.3) is 0 Å². The van der Waals surface area contributed by atoms with Crippen LogP contribution in [0.4, 0.5) is 0 Å². The minimum Gasteiger partial charge on any atom is -0.465 e. The molecular formula is C16H26N2O. The molecule has 2 atom stereocenters. The number of hydrogen-bond donors (Lipinski definition) is 1. The summed E-state index contributed by atoms with van der Waals surface area (Å²) in [4.78, 5) is 2.61. The summed E-state index contributed by atoms with van der Waals surface area (Å²) in [5.74, 6) is 2.18. The van der Waals surface area contributed by atoms with Gasteiger partial charge in [0.2, 0.25) is 0 Å². The van der Waals surface area contributed by atoms with Gasteiger partial charge in [0.1, 0.15) is 11.5 Å². The fraction of sp³-hybridized carbons (Fsp3) is 0.750. The van der Waals surface area contributed by atoms with Gasteiger partial charge in [0.15, 0.2) is 0 Å². The first-order valence-corrected chi connectivity index (χ1v) is 7.79. The molecule has 0 aromatic carbocycles. The Morgan fingerprint density at radius 2 is 1.89 bits per heavy atom. The molecule has 1 aromatic heterocycles. The lowest BCUT2D eigenvalue weighted by atomic mass is 9.82. The van der Waals surface area contributed by atoms with Crippen molar-refractivity contribution in [3.8, 4) is 0 Å². The Labute approximate surface area is 116 Å². The Morgan fingerprint density at radius 3 is 2.53 bits per heavy atom. The second-order valence-corrected chi connectivity index (χ2v) is 6.17. The van der Waals surface area contributed by atoms with Crippen molar-refractivity contribution in [2.24, 2.45) is 0 Å². The van der Waals surface area contributed by atoms with Gasteiger partial charge < -0.3 is 14.6 Å². The molecule has 0 spiro atoms. The number of aryl methyl sites for hydroxylation is 1. The van der Waals surface area contributed by atoms with Gasteiger partial charge in [0.25, 0.3) is 0 Å². The topological polar surface area (TPSA) is 28.4 Å². The first-order valence-electron chi connectivity index (χ1n) is 7.79. The number of hydrogen-bond acceptors (Lipinski definition) is 3. The molecule has 2 aliphatic rings. The normalized spacial score (nSPS) is 31.6. The van der Waals surface area contributed by atoms with Crippen LogP contribution in [0.5, 0.6) is 0 Å². The van der Waals surface area contributed by atoms with Crippen molar-refractivity contribution in [1.82, 2.24) is 10.2 Å². The number of rotatable bonds is 4. The molecule has 2 bridgehead atoms. The lowest BCUT2D eigenvalue weighted by Gasteiger charge is -2.47. The molecule has 3 heteroatoms. The summed E-state index contributed by atoms with van der Waals surface area (Å²) in [6.45, 7) is 3.02. The van der Waals surface area contributed by atoms with E-state index >= 15 is 0 Å². The summed E-state index contributed by atoms with van der Waals surface area (Å²) in [5, 5.41) is 3.70. The minimum absolute atomic E-state index is 0.668. The summed E-state index contributed by atoms with van der Waals surface area (Å²) in [7, 11) is 2.31. The zero-order valence-electron chi connectivity index (χ0n) is 12.2. The second kappa shape index (κ2) is 5.68. The quantitative estimate of drug-likeness (QED) is 0.904. The third-order valence-electron chi connectivity index (χ3n) is 4.97. The Bertz CT molecular complexity index is 401. The van der Waals surface area contributed by atoms with Gasteiger partial charge in [-0.2, -0.15) is 0 Å². The molecule has 3 rings (SSSR count). The predicted molar refractivity (Wildman–Crippen MR) is 77.1 cm³/mol. The Kier molecular flexibility index (Phi) is 3.94. The predicted octanol–water partition coefficient (Wildman–Crippen LogP) is 2.95. The molecular weight excluding hydrogens is 236 g/mol. The molecule has 0 saturated carbocycles. The van der Waals surface area contributed by atoms with E-state index in [1.807, 2.05) is 0 Å². The zero-order valence-corrected chi connectivity index (χ0v) is 12.2. The lowest BCUT2D eigenvalue weighted by Crippen LogP contribution is -2.54. The van der Waals surface area contributed by atoms with Crippen LogP contribution in [-0.2, 0) is 13.0 Å². The van der Waals surface area contributed by atoms with E-state index in [-0.39, 0.29) is 0 Å². The van der Waals surface area contributed by atoms with Gasteiger partial charge in [-0.05, 0) is 44.9 Å². The molecule has 2 unspecified atom stereocenters. The molecule has 19 heavy (non-hydrogen) atoms. The maximum atomic E-state index is 5.77. The van der Waals surface area contributed by atoms with E-state index in [0.717, 1.165) is 36.6 Å². The largest absolute Gasteiger partial charge is 0.465 e. The van der Waals surface area contributed by atoms with Crippen molar-refractivity contribution in [1.29, 1.82) is 0 Å². The first kappa shape index (κ1) is 13.2. The highest BCUT2D eigenvalue weighted by molar-refractivity contribution is 5.07. The van der Waals surface area contributed by atoms with E-state index in [2.05, 4.69) is 36.3 Å². The van der Waals surface area contributed by atoms with Crippen molar-refractivity contribution in [2.45, 2.75) is 70.1 Å². The summed E-state index contributed by atoms with van der Waals surface area (Å²) in [6.07, 6.45) is 7.77. The van der Waals surface area contributed by atoms with E-state index in [9.17, 15) is 0 Å². The molecule has 2 aliphatic heterocycles. The molecule has 0 amide bonds. The first-order chi connectivity index (χ1) is 9.26. The average Bonchev–Trinajstić information content (AvgIpc) is 2.85. The van der Waals surface area contributed by atoms with Crippen LogP contribution in [0.3, 0.4) is 0 Å². The summed E-state index contributed by atoms with van der Waals surface area (Å²) in [6, 6.07) is 6.48. The maximum absolute atomic E-state index is 5.77. The minimum atomic E-state index is 0.668. The van der Waals surface area contributed by atoms with Crippen LogP contribution in [0.1, 0.15) is 50.5 Å². The lowest BCUT2D eigenvalue weighted by molar-refractivity contribution is 0.0478. The third kappa shape index (κ3) is 2.87. The molecule has 0 radical (unpaired) electrons. The van der Waals surface area contributed by atoms with E-state index in [0.29, 0.717) is 6.04 Å². The molecule has 3 heterocycles. The summed E-state index contributed by atoms with van der Waals surface area (Å²) >= 11 is 0. The van der Waals surface area contributed by atoms with Gasteiger partial charge in [0, 0.05) is 24.5 Å². The van der Waals surface area contributed by atoms with Crippen molar-refractivity contribution in [3.63, 3.8) is 0 Å². The van der Waals surface area contributed by atoms with Crippen molar-refractivity contribution in [3.05, 3.63) is 23.7 Å². The summed E-state index contributed by atoms with van der Waals surface area (Å²) < 4.78 is 5.77. The van der Waals surface area contributed by atoms with E-state index in [1.54, 1.807) is 0 Å². The monoisotopic (exact) mass is 262 g/mol. The smallest absolute Gasteiger partial charge is 0.117 e. The highest BCUT2D eigenvalue weighted by atomic mass is 16.3. The number of nitrogens with zero attached hydrogens (tertiary/aromatic N) is 1. The van der Waals surface area contributed by atoms with E-state index in [1.165, 1.54) is 32.1 Å². The van der Waals surface area contributed by atoms with Gasteiger partial charge in [-0.1, -0.05) is 13.3 Å².